The number of carbonyl (C=O) groups excluding carboxylic acids is 4. The predicted molar refractivity (Wildman–Crippen MR) is 244 cm³/mol. The molecule has 334 valence electrons. The van der Waals surface area contributed by atoms with Crippen molar-refractivity contribution in [2.24, 2.45) is 5.41 Å². The predicted octanol–water partition coefficient (Wildman–Crippen LogP) is 6.38. The summed E-state index contributed by atoms with van der Waals surface area (Å²) < 4.78 is 0. The van der Waals surface area contributed by atoms with E-state index in [1.807, 2.05) is 88.7 Å². The van der Waals surface area contributed by atoms with E-state index in [0.29, 0.717) is 12.0 Å². The van der Waals surface area contributed by atoms with Crippen LogP contribution < -0.4 is 26.4 Å². The minimum atomic E-state index is -0.838. The molecule has 14 heteroatoms. The smallest absolute Gasteiger partial charge is 0.265 e. The molecule has 3 aromatic rings. The molecule has 2 saturated heterocycles. The van der Waals surface area contributed by atoms with E-state index in [1.54, 1.807) is 11.3 Å². The summed E-state index contributed by atoms with van der Waals surface area (Å²) >= 11 is 1.59. The molecule has 61 heavy (non-hydrogen) atoms. The Labute approximate surface area is 367 Å². The van der Waals surface area contributed by atoms with E-state index >= 15 is 0 Å². The highest BCUT2D eigenvalue weighted by molar-refractivity contribution is 7.13. The van der Waals surface area contributed by atoms with Gasteiger partial charge in [-0.15, -0.1) is 11.3 Å². The standard InChI is InChI=1S/C47H70N8O5S/c1-7-8-13-24-49-52-44(58)37-20-22-38(23-21-37)54-28-26-53(27-29-54)25-14-11-9-10-12-15-41(57)51-43(47(4,5)6)46(60)55-31-39(56)30-40(55)45(59)50-33(2)35-16-18-36(19-17-35)42-34(3)48-32-61-42/h16-23,32-33,39-40,43,49,56H,7-15,24-31H2,1-6H3,(H,50,59)(H,51,57)(H,52,58)/t33-,39+,40-,43+/m0/s1. The first kappa shape index (κ1) is 47.7. The van der Waals surface area contributed by atoms with Crippen molar-refractivity contribution in [1.29, 1.82) is 0 Å². The molecule has 4 amide bonds. The minimum Gasteiger partial charge on any atom is -0.391 e. The van der Waals surface area contributed by atoms with Crippen molar-refractivity contribution in [3.05, 3.63) is 70.9 Å². The van der Waals surface area contributed by atoms with Crippen LogP contribution in [0.2, 0.25) is 0 Å². The van der Waals surface area contributed by atoms with Gasteiger partial charge in [-0.2, -0.15) is 0 Å². The number of carbonyl (C=O) groups is 4. The maximum Gasteiger partial charge on any atom is 0.265 e. The second-order valence-electron chi connectivity index (χ2n) is 17.9. The summed E-state index contributed by atoms with van der Waals surface area (Å²) in [4.78, 5) is 65.1. The van der Waals surface area contributed by atoms with Crippen molar-refractivity contribution in [3.8, 4) is 10.4 Å². The van der Waals surface area contributed by atoms with Crippen LogP contribution in [0.1, 0.15) is 126 Å². The highest BCUT2D eigenvalue weighted by atomic mass is 32.1. The number of aliphatic hydroxyl groups excluding tert-OH is 1. The number of amides is 4. The fraction of sp³-hybridized carbons (Fsp3) is 0.596. The van der Waals surface area contributed by atoms with E-state index < -0.39 is 23.6 Å². The zero-order chi connectivity index (χ0) is 43.9. The number of nitrogens with one attached hydrogen (secondary N) is 4. The lowest BCUT2D eigenvalue weighted by Crippen LogP contribution is -2.57. The Morgan fingerprint density at radius 3 is 2.23 bits per heavy atom. The van der Waals surface area contributed by atoms with Crippen LogP contribution in [0.4, 0.5) is 5.69 Å². The highest BCUT2D eigenvalue weighted by Crippen LogP contribution is 2.30. The number of nitrogens with zero attached hydrogens (tertiary/aromatic N) is 4. The number of hydrogen-bond donors (Lipinski definition) is 5. The lowest BCUT2D eigenvalue weighted by atomic mass is 9.85. The van der Waals surface area contributed by atoms with Crippen LogP contribution in [0.25, 0.3) is 10.4 Å². The summed E-state index contributed by atoms with van der Waals surface area (Å²) in [6, 6.07) is 13.9. The van der Waals surface area contributed by atoms with E-state index in [-0.39, 0.29) is 42.6 Å². The molecule has 4 atom stereocenters. The Kier molecular flexibility index (Phi) is 18.1. The van der Waals surface area contributed by atoms with Gasteiger partial charge in [0.05, 0.1) is 28.2 Å². The number of rotatable bonds is 21. The van der Waals surface area contributed by atoms with Gasteiger partial charge in [-0.05, 0) is 80.5 Å². The number of aliphatic hydroxyl groups is 1. The van der Waals surface area contributed by atoms with Gasteiger partial charge >= 0.3 is 0 Å². The number of aromatic nitrogens is 1. The first-order valence-electron chi connectivity index (χ1n) is 22.4. The van der Waals surface area contributed by atoms with Gasteiger partial charge in [0.2, 0.25) is 17.7 Å². The number of likely N-dealkylation sites (tertiary alicyclic amines) is 1. The van der Waals surface area contributed by atoms with Crippen LogP contribution in [-0.4, -0.2) is 108 Å². The number of β-amino-alcohol motifs (C(OH)–C–C–N with tert-alkyl or cyclic N) is 1. The number of piperazine rings is 1. The molecule has 1 aromatic heterocycles. The maximum absolute atomic E-state index is 14.1. The molecule has 0 saturated carbocycles. The van der Waals surface area contributed by atoms with E-state index in [0.717, 1.165) is 118 Å². The highest BCUT2D eigenvalue weighted by Gasteiger charge is 2.44. The number of hydrogen-bond acceptors (Lipinski definition) is 10. The maximum atomic E-state index is 14.1. The average molecular weight is 859 g/mol. The number of hydrazine groups is 1. The van der Waals surface area contributed by atoms with Crippen molar-refractivity contribution in [2.45, 2.75) is 130 Å². The number of anilines is 1. The SMILES string of the molecule is CCCCCNNC(=O)c1ccc(N2CCN(CCCCCCCC(=O)N[C@H](C(=O)N3C[C@H](O)C[C@H]3C(=O)N[C@@H](C)c3ccc(-c4scnc4C)cc3)C(C)(C)C)CC2)cc1. The Bertz CT molecular complexity index is 1860. The van der Waals surface area contributed by atoms with Gasteiger partial charge in [0.1, 0.15) is 12.1 Å². The average Bonchev–Trinajstić information content (AvgIpc) is 3.87. The lowest BCUT2D eigenvalue weighted by molar-refractivity contribution is -0.144. The third kappa shape index (κ3) is 14.1. The molecule has 0 unspecified atom stereocenters. The molecular formula is C47H70N8O5S. The zero-order valence-corrected chi connectivity index (χ0v) is 38.1. The number of benzene rings is 2. The number of thiazole rings is 1. The van der Waals surface area contributed by atoms with Crippen LogP contribution in [0.5, 0.6) is 0 Å². The molecule has 0 aliphatic carbocycles. The summed E-state index contributed by atoms with van der Waals surface area (Å²) in [7, 11) is 0. The summed E-state index contributed by atoms with van der Waals surface area (Å²) in [5, 5.41) is 16.7. The van der Waals surface area contributed by atoms with Crippen molar-refractivity contribution in [2.75, 3.05) is 50.7 Å². The summed E-state index contributed by atoms with van der Waals surface area (Å²) in [6.45, 7) is 17.5. The molecular weight excluding hydrogens is 789 g/mol. The zero-order valence-electron chi connectivity index (χ0n) is 37.3. The van der Waals surface area contributed by atoms with Crippen LogP contribution in [0.3, 0.4) is 0 Å². The van der Waals surface area contributed by atoms with Gasteiger partial charge in [0.25, 0.3) is 5.91 Å². The molecule has 5 rings (SSSR count). The van der Waals surface area contributed by atoms with Gasteiger partial charge in [-0.1, -0.05) is 84.1 Å². The Balaban J connectivity index is 0.982. The van der Waals surface area contributed by atoms with E-state index in [9.17, 15) is 24.3 Å². The van der Waals surface area contributed by atoms with Crippen LogP contribution in [0, 0.1) is 12.3 Å². The first-order valence-corrected chi connectivity index (χ1v) is 23.3. The molecule has 5 N–H and O–H groups in total. The Morgan fingerprint density at radius 1 is 0.885 bits per heavy atom. The van der Waals surface area contributed by atoms with Crippen LogP contribution in [-0.2, 0) is 14.4 Å². The first-order chi connectivity index (χ1) is 29.2. The molecule has 0 bridgehead atoms. The van der Waals surface area contributed by atoms with Crippen LogP contribution in [0.15, 0.2) is 54.0 Å². The Hall–Kier alpha value is -4.37. The largest absolute Gasteiger partial charge is 0.391 e. The van der Waals surface area contributed by atoms with Gasteiger partial charge in [0.15, 0.2) is 0 Å². The molecule has 3 heterocycles. The third-order valence-electron chi connectivity index (χ3n) is 11.9. The van der Waals surface area contributed by atoms with E-state index in [4.69, 9.17) is 0 Å². The minimum absolute atomic E-state index is 0.0407. The lowest BCUT2D eigenvalue weighted by Gasteiger charge is -2.36. The van der Waals surface area contributed by atoms with Crippen molar-refractivity contribution in [1.82, 2.24) is 36.3 Å². The van der Waals surface area contributed by atoms with Crippen molar-refractivity contribution < 1.29 is 24.3 Å². The van der Waals surface area contributed by atoms with Crippen LogP contribution >= 0.6 is 11.3 Å². The molecule has 2 aromatic carbocycles. The molecule has 13 nitrogen and oxygen atoms in total. The summed E-state index contributed by atoms with van der Waals surface area (Å²) in [6.07, 6.45) is 7.89. The van der Waals surface area contributed by atoms with E-state index in [1.165, 1.54) is 4.90 Å². The number of aryl methyl sites for hydroxylation is 1. The second kappa shape index (κ2) is 23.2. The quantitative estimate of drug-likeness (QED) is 0.0606. The van der Waals surface area contributed by atoms with E-state index in [2.05, 4.69) is 43.2 Å². The normalized spacial score (nSPS) is 18.1. The fourth-order valence-electron chi connectivity index (χ4n) is 8.13. The molecule has 2 aliphatic rings. The van der Waals surface area contributed by atoms with Crippen molar-refractivity contribution in [3.63, 3.8) is 0 Å². The molecule has 0 radical (unpaired) electrons. The topological polar surface area (TPSA) is 159 Å². The van der Waals surface area contributed by atoms with Gasteiger partial charge in [-0.25, -0.2) is 10.4 Å². The molecule has 2 fully saturated rings. The number of unbranched alkanes of at least 4 members (excludes halogenated alkanes) is 6. The molecule has 2 aliphatic heterocycles. The summed E-state index contributed by atoms with van der Waals surface area (Å²) in [5.41, 5.74) is 11.8. The van der Waals surface area contributed by atoms with Gasteiger partial charge in [0, 0.05) is 63.4 Å². The van der Waals surface area contributed by atoms with Gasteiger partial charge < -0.3 is 25.5 Å². The van der Waals surface area contributed by atoms with Gasteiger partial charge in [-0.3, -0.25) is 29.5 Å². The third-order valence-corrected chi connectivity index (χ3v) is 12.9. The van der Waals surface area contributed by atoms with Crippen molar-refractivity contribution >= 4 is 40.7 Å². The Morgan fingerprint density at radius 2 is 1.57 bits per heavy atom. The second-order valence-corrected chi connectivity index (χ2v) is 18.7. The monoisotopic (exact) mass is 859 g/mol. The summed E-state index contributed by atoms with van der Waals surface area (Å²) in [5.74, 6) is -0.956. The molecule has 0 spiro atoms. The fourth-order valence-corrected chi connectivity index (χ4v) is 8.94.